The standard InChI is InChI=1S/C23H33N5O/c24-13-20-15-27(16-21(20)19-9-5-2-6-10-19)17-23(29)26-22-11-12-25-28(22)14-18-7-3-1-4-8-18/h2,5-6,9-12,18,20-21H,1,3-4,7-8,13-17,24H2,(H,26,29)/t20-,21+/m1/s1. The summed E-state index contributed by atoms with van der Waals surface area (Å²) in [5.74, 6) is 2.30. The van der Waals surface area contributed by atoms with Gasteiger partial charge in [0.2, 0.25) is 5.91 Å². The monoisotopic (exact) mass is 395 g/mol. The minimum absolute atomic E-state index is 0.0277. The molecule has 0 spiro atoms. The molecule has 3 N–H and O–H groups in total. The first kappa shape index (κ1) is 20.1. The van der Waals surface area contributed by atoms with Gasteiger partial charge in [0.25, 0.3) is 0 Å². The van der Waals surface area contributed by atoms with E-state index in [1.165, 1.54) is 37.7 Å². The first-order valence-corrected chi connectivity index (χ1v) is 11.0. The molecule has 2 heterocycles. The lowest BCUT2D eigenvalue weighted by Crippen LogP contribution is -2.33. The van der Waals surface area contributed by atoms with E-state index in [0.717, 1.165) is 25.5 Å². The van der Waals surface area contributed by atoms with Gasteiger partial charge in [-0.15, -0.1) is 0 Å². The van der Waals surface area contributed by atoms with Crippen molar-refractivity contribution in [3.8, 4) is 0 Å². The van der Waals surface area contributed by atoms with Crippen LogP contribution >= 0.6 is 0 Å². The van der Waals surface area contributed by atoms with Gasteiger partial charge in [-0.3, -0.25) is 9.69 Å². The minimum Gasteiger partial charge on any atom is -0.330 e. The molecule has 0 unspecified atom stereocenters. The molecule has 2 aliphatic rings. The molecule has 0 radical (unpaired) electrons. The van der Waals surface area contributed by atoms with Crippen molar-refractivity contribution < 1.29 is 4.79 Å². The van der Waals surface area contributed by atoms with E-state index in [-0.39, 0.29) is 5.91 Å². The highest BCUT2D eigenvalue weighted by atomic mass is 16.2. The van der Waals surface area contributed by atoms with Crippen LogP contribution in [0.4, 0.5) is 5.82 Å². The summed E-state index contributed by atoms with van der Waals surface area (Å²) in [5.41, 5.74) is 7.35. The van der Waals surface area contributed by atoms with Crippen molar-refractivity contribution >= 4 is 11.7 Å². The van der Waals surface area contributed by atoms with Crippen molar-refractivity contribution in [2.45, 2.75) is 44.6 Å². The lowest BCUT2D eigenvalue weighted by molar-refractivity contribution is -0.117. The Labute approximate surface area is 173 Å². The summed E-state index contributed by atoms with van der Waals surface area (Å²) in [6.45, 7) is 3.68. The second-order valence-electron chi connectivity index (χ2n) is 8.66. The molecule has 6 nitrogen and oxygen atoms in total. The lowest BCUT2D eigenvalue weighted by Gasteiger charge is -2.22. The molecule has 29 heavy (non-hydrogen) atoms. The second kappa shape index (κ2) is 9.55. The molecule has 156 valence electrons. The molecular weight excluding hydrogens is 362 g/mol. The number of nitrogens with zero attached hydrogens (tertiary/aromatic N) is 3. The van der Waals surface area contributed by atoms with E-state index in [1.54, 1.807) is 6.20 Å². The maximum Gasteiger partial charge on any atom is 0.239 e. The van der Waals surface area contributed by atoms with Crippen molar-refractivity contribution in [2.24, 2.45) is 17.6 Å². The van der Waals surface area contributed by atoms with E-state index in [0.29, 0.717) is 30.8 Å². The highest BCUT2D eigenvalue weighted by molar-refractivity contribution is 5.91. The van der Waals surface area contributed by atoms with Crippen LogP contribution < -0.4 is 11.1 Å². The number of hydrogen-bond donors (Lipinski definition) is 2. The maximum absolute atomic E-state index is 12.7. The molecule has 1 aromatic heterocycles. The zero-order chi connectivity index (χ0) is 20.1. The predicted molar refractivity (Wildman–Crippen MR) is 116 cm³/mol. The van der Waals surface area contributed by atoms with Crippen LogP contribution in [0.25, 0.3) is 0 Å². The minimum atomic E-state index is 0.0277. The molecule has 1 aliphatic carbocycles. The Balaban J connectivity index is 1.33. The Morgan fingerprint density at radius 1 is 1.10 bits per heavy atom. The van der Waals surface area contributed by atoms with E-state index in [4.69, 9.17) is 5.73 Å². The van der Waals surface area contributed by atoms with Gasteiger partial charge in [-0.1, -0.05) is 49.6 Å². The molecule has 2 atom stereocenters. The van der Waals surface area contributed by atoms with E-state index in [1.807, 2.05) is 16.8 Å². The molecule has 1 aromatic carbocycles. The van der Waals surface area contributed by atoms with Crippen LogP contribution in [0.2, 0.25) is 0 Å². The van der Waals surface area contributed by atoms with Crippen LogP contribution in [0.1, 0.15) is 43.6 Å². The number of hydrogen-bond acceptors (Lipinski definition) is 4. The lowest BCUT2D eigenvalue weighted by atomic mass is 9.89. The summed E-state index contributed by atoms with van der Waals surface area (Å²) >= 11 is 0. The number of likely N-dealkylation sites (tertiary alicyclic amines) is 1. The molecule has 2 fully saturated rings. The summed E-state index contributed by atoms with van der Waals surface area (Å²) < 4.78 is 1.97. The number of carbonyl (C=O) groups excluding carboxylic acids is 1. The quantitative estimate of drug-likeness (QED) is 0.755. The first-order chi connectivity index (χ1) is 14.2. The molecule has 1 aliphatic heterocycles. The Bertz CT molecular complexity index is 784. The Hall–Kier alpha value is -2.18. The fraction of sp³-hybridized carbons (Fsp3) is 0.565. The summed E-state index contributed by atoms with van der Waals surface area (Å²) in [5, 5.41) is 7.53. The first-order valence-electron chi connectivity index (χ1n) is 11.0. The molecule has 6 heteroatoms. The van der Waals surface area contributed by atoms with Gasteiger partial charge in [-0.2, -0.15) is 5.10 Å². The highest BCUT2D eigenvalue weighted by Crippen LogP contribution is 2.32. The number of amides is 1. The number of rotatable bonds is 7. The normalized spacial score (nSPS) is 23.3. The van der Waals surface area contributed by atoms with Crippen LogP contribution in [0.15, 0.2) is 42.6 Å². The third-order valence-electron chi connectivity index (χ3n) is 6.55. The number of aromatic nitrogens is 2. The van der Waals surface area contributed by atoms with Gasteiger partial charge < -0.3 is 11.1 Å². The second-order valence-corrected chi connectivity index (χ2v) is 8.66. The van der Waals surface area contributed by atoms with Crippen LogP contribution in [-0.4, -0.2) is 46.8 Å². The molecule has 2 aromatic rings. The number of nitrogens with one attached hydrogen (secondary N) is 1. The van der Waals surface area contributed by atoms with Gasteiger partial charge in [0.15, 0.2) is 0 Å². The summed E-state index contributed by atoms with van der Waals surface area (Å²) in [6.07, 6.45) is 8.29. The van der Waals surface area contributed by atoms with Gasteiger partial charge in [0.05, 0.1) is 12.7 Å². The fourth-order valence-electron chi connectivity index (χ4n) is 4.99. The van der Waals surface area contributed by atoms with Crippen molar-refractivity contribution in [1.82, 2.24) is 14.7 Å². The van der Waals surface area contributed by atoms with Crippen LogP contribution in [-0.2, 0) is 11.3 Å². The Kier molecular flexibility index (Phi) is 6.62. The molecule has 1 amide bonds. The SMILES string of the molecule is NC[C@@H]1CN(CC(=O)Nc2ccnn2CC2CCCCC2)C[C@H]1c1ccccc1. The molecule has 1 saturated heterocycles. The van der Waals surface area contributed by atoms with Crippen molar-refractivity contribution in [3.05, 3.63) is 48.2 Å². The average Bonchev–Trinajstić information content (AvgIpc) is 3.36. The summed E-state index contributed by atoms with van der Waals surface area (Å²) in [4.78, 5) is 15.0. The zero-order valence-electron chi connectivity index (χ0n) is 17.2. The van der Waals surface area contributed by atoms with Gasteiger partial charge in [0.1, 0.15) is 5.82 Å². The van der Waals surface area contributed by atoms with Crippen LogP contribution in [0, 0.1) is 11.8 Å². The van der Waals surface area contributed by atoms with Crippen LogP contribution in [0.5, 0.6) is 0 Å². The van der Waals surface area contributed by atoms with Gasteiger partial charge in [-0.05, 0) is 36.8 Å². The summed E-state index contributed by atoms with van der Waals surface area (Å²) in [7, 11) is 0. The van der Waals surface area contributed by atoms with Gasteiger partial charge in [0, 0.05) is 31.6 Å². The Morgan fingerprint density at radius 2 is 1.90 bits per heavy atom. The fourth-order valence-corrected chi connectivity index (χ4v) is 4.99. The van der Waals surface area contributed by atoms with Crippen molar-refractivity contribution in [2.75, 3.05) is 31.5 Å². The van der Waals surface area contributed by atoms with Crippen molar-refractivity contribution in [1.29, 1.82) is 0 Å². The third kappa shape index (κ3) is 5.06. The number of nitrogens with two attached hydrogens (primary N) is 1. The van der Waals surface area contributed by atoms with Crippen LogP contribution in [0.3, 0.4) is 0 Å². The van der Waals surface area contributed by atoms with E-state index in [2.05, 4.69) is 39.6 Å². The van der Waals surface area contributed by atoms with E-state index < -0.39 is 0 Å². The third-order valence-corrected chi connectivity index (χ3v) is 6.55. The molecule has 0 bridgehead atoms. The van der Waals surface area contributed by atoms with E-state index in [9.17, 15) is 4.79 Å². The molecule has 4 rings (SSSR count). The summed E-state index contributed by atoms with van der Waals surface area (Å²) in [6, 6.07) is 12.4. The largest absolute Gasteiger partial charge is 0.330 e. The zero-order valence-corrected chi connectivity index (χ0v) is 17.2. The van der Waals surface area contributed by atoms with E-state index >= 15 is 0 Å². The Morgan fingerprint density at radius 3 is 2.66 bits per heavy atom. The molecular formula is C23H33N5O. The number of benzene rings is 1. The molecule has 1 saturated carbocycles. The van der Waals surface area contributed by atoms with Crippen molar-refractivity contribution in [3.63, 3.8) is 0 Å². The average molecular weight is 396 g/mol. The topological polar surface area (TPSA) is 76.2 Å². The smallest absolute Gasteiger partial charge is 0.239 e. The highest BCUT2D eigenvalue weighted by Gasteiger charge is 2.33. The number of anilines is 1. The van der Waals surface area contributed by atoms with Gasteiger partial charge >= 0.3 is 0 Å². The number of carbonyl (C=O) groups is 1. The van der Waals surface area contributed by atoms with Gasteiger partial charge in [-0.25, -0.2) is 4.68 Å². The predicted octanol–water partition coefficient (Wildman–Crippen LogP) is 3.08. The maximum atomic E-state index is 12.7.